The molecule has 0 spiro atoms. The Hall–Kier alpha value is -1.82. The molecule has 2 N–H and O–H groups in total. The van der Waals surface area contributed by atoms with Gasteiger partial charge >= 0.3 is 0 Å². The first-order chi connectivity index (χ1) is 9.67. The Labute approximate surface area is 118 Å². The molecule has 0 unspecified atom stereocenters. The summed E-state index contributed by atoms with van der Waals surface area (Å²) in [6.45, 7) is 3.80. The molecular formula is C14H21N5O. The van der Waals surface area contributed by atoms with Crippen LogP contribution in [0.5, 0.6) is 0 Å². The van der Waals surface area contributed by atoms with E-state index in [1.54, 1.807) is 6.20 Å². The Balaban J connectivity index is 1.86. The van der Waals surface area contributed by atoms with E-state index >= 15 is 0 Å². The monoisotopic (exact) mass is 275 g/mol. The predicted octanol–water partition coefficient (Wildman–Crippen LogP) is 1.37. The maximum Gasteiger partial charge on any atom is 0.180 e. The third kappa shape index (κ3) is 2.43. The van der Waals surface area contributed by atoms with E-state index in [0.29, 0.717) is 5.92 Å². The maximum atomic E-state index is 9.39. The van der Waals surface area contributed by atoms with E-state index in [9.17, 15) is 5.11 Å². The third-order valence-electron chi connectivity index (χ3n) is 3.82. The fraction of sp³-hybridized carbons (Fsp3) is 0.571. The normalized spacial score (nSPS) is 21.8. The second-order valence-electron chi connectivity index (χ2n) is 5.51. The van der Waals surface area contributed by atoms with Crippen molar-refractivity contribution in [1.29, 1.82) is 0 Å². The van der Waals surface area contributed by atoms with Gasteiger partial charge in [0.2, 0.25) is 0 Å². The first-order valence-corrected chi connectivity index (χ1v) is 7.14. The van der Waals surface area contributed by atoms with Gasteiger partial charge in [-0.25, -0.2) is 9.97 Å². The zero-order valence-corrected chi connectivity index (χ0v) is 12.0. The summed E-state index contributed by atoms with van der Waals surface area (Å²) >= 11 is 0. The Kier molecular flexibility index (Phi) is 3.48. The first kappa shape index (κ1) is 13.2. The molecule has 6 nitrogen and oxygen atoms in total. The highest BCUT2D eigenvalue weighted by atomic mass is 16.3. The Bertz CT molecular complexity index is 590. The molecule has 0 radical (unpaired) electrons. The number of aliphatic hydroxyl groups excluding tert-OH is 1. The van der Waals surface area contributed by atoms with Gasteiger partial charge in [-0.05, 0) is 25.7 Å². The van der Waals surface area contributed by atoms with Crippen molar-refractivity contribution >= 4 is 17.3 Å². The number of aromatic nitrogens is 3. The number of nitrogens with zero attached hydrogens (tertiary/aromatic N) is 4. The zero-order valence-electron chi connectivity index (χ0n) is 12.0. The molecule has 108 valence electrons. The van der Waals surface area contributed by atoms with E-state index in [2.05, 4.69) is 27.1 Å². The number of imidazole rings is 1. The molecule has 6 heteroatoms. The van der Waals surface area contributed by atoms with Gasteiger partial charge in [0.1, 0.15) is 5.82 Å². The van der Waals surface area contributed by atoms with Crippen molar-refractivity contribution in [3.8, 4) is 0 Å². The summed E-state index contributed by atoms with van der Waals surface area (Å²) in [6, 6.07) is 0. The second-order valence-corrected chi connectivity index (χ2v) is 5.51. The van der Waals surface area contributed by atoms with Crippen LogP contribution in [0.4, 0.5) is 11.6 Å². The van der Waals surface area contributed by atoms with Gasteiger partial charge in [0.25, 0.3) is 0 Å². The average Bonchev–Trinajstić information content (AvgIpc) is 2.84. The van der Waals surface area contributed by atoms with Gasteiger partial charge in [0.05, 0.1) is 12.3 Å². The molecule has 2 aromatic heterocycles. The molecule has 0 atom stereocenters. The van der Waals surface area contributed by atoms with Crippen LogP contribution >= 0.6 is 0 Å². The lowest BCUT2D eigenvalue weighted by molar-refractivity contribution is 0.0464. The highest BCUT2D eigenvalue weighted by Crippen LogP contribution is 2.29. The lowest BCUT2D eigenvalue weighted by atomic mass is 9.82. The van der Waals surface area contributed by atoms with Crippen LogP contribution in [0.2, 0.25) is 0 Å². The van der Waals surface area contributed by atoms with E-state index < -0.39 is 0 Å². The highest BCUT2D eigenvalue weighted by molar-refractivity contribution is 5.66. The Morgan fingerprint density at radius 2 is 2.30 bits per heavy atom. The lowest BCUT2D eigenvalue weighted by Crippen LogP contribution is -2.37. The molecule has 2 aromatic rings. The second kappa shape index (κ2) is 5.28. The van der Waals surface area contributed by atoms with Gasteiger partial charge < -0.3 is 19.7 Å². The fourth-order valence-electron chi connectivity index (χ4n) is 2.76. The molecule has 0 aromatic carbocycles. The molecule has 1 fully saturated rings. The zero-order chi connectivity index (χ0) is 14.1. The number of rotatable bonds is 5. The minimum atomic E-state index is -0.110. The standard InChI is InChI=1S/C14H21N5O/c1-3-15-12-9-19-5-4-16-13(19)14(17-12)18(2)8-10-6-11(20)7-10/h4-5,9-11,15,20H,3,6-8H2,1-2H3. The number of nitrogens with one attached hydrogen (secondary N) is 1. The molecule has 0 aliphatic heterocycles. The van der Waals surface area contributed by atoms with Crippen LogP contribution in [-0.4, -0.2) is 45.7 Å². The first-order valence-electron chi connectivity index (χ1n) is 7.14. The highest BCUT2D eigenvalue weighted by Gasteiger charge is 2.28. The van der Waals surface area contributed by atoms with E-state index in [-0.39, 0.29) is 6.10 Å². The summed E-state index contributed by atoms with van der Waals surface area (Å²) in [7, 11) is 2.04. The van der Waals surface area contributed by atoms with E-state index in [1.807, 2.05) is 23.8 Å². The van der Waals surface area contributed by atoms with E-state index in [1.165, 1.54) is 0 Å². The van der Waals surface area contributed by atoms with Crippen LogP contribution in [0.25, 0.3) is 5.65 Å². The minimum Gasteiger partial charge on any atom is -0.393 e. The molecule has 1 aliphatic rings. The maximum absolute atomic E-state index is 9.39. The quantitative estimate of drug-likeness (QED) is 0.862. The van der Waals surface area contributed by atoms with Crippen LogP contribution in [-0.2, 0) is 0 Å². The van der Waals surface area contributed by atoms with Crippen molar-refractivity contribution in [2.45, 2.75) is 25.9 Å². The van der Waals surface area contributed by atoms with E-state index in [0.717, 1.165) is 43.2 Å². The predicted molar refractivity (Wildman–Crippen MR) is 79.2 cm³/mol. The van der Waals surface area contributed by atoms with Crippen molar-refractivity contribution in [2.24, 2.45) is 5.92 Å². The summed E-state index contributed by atoms with van der Waals surface area (Å²) in [5.41, 5.74) is 0.869. The summed E-state index contributed by atoms with van der Waals surface area (Å²) in [5.74, 6) is 2.29. The molecule has 0 saturated heterocycles. The number of anilines is 2. The van der Waals surface area contributed by atoms with Gasteiger partial charge in [0.15, 0.2) is 11.5 Å². The number of hydrogen-bond acceptors (Lipinski definition) is 5. The van der Waals surface area contributed by atoms with Crippen LogP contribution in [0.15, 0.2) is 18.6 Å². The molecule has 0 amide bonds. The van der Waals surface area contributed by atoms with Gasteiger partial charge in [-0.15, -0.1) is 0 Å². The SMILES string of the molecule is CCNc1cn2ccnc2c(N(C)CC2CC(O)C2)n1. The fourth-order valence-corrected chi connectivity index (χ4v) is 2.76. The van der Waals surface area contributed by atoms with Crippen molar-refractivity contribution in [3.63, 3.8) is 0 Å². The van der Waals surface area contributed by atoms with Gasteiger partial charge in [-0.1, -0.05) is 0 Å². The van der Waals surface area contributed by atoms with Crippen molar-refractivity contribution in [3.05, 3.63) is 18.6 Å². The molecule has 1 aliphatic carbocycles. The number of fused-ring (bicyclic) bond motifs is 1. The smallest absolute Gasteiger partial charge is 0.180 e. The molecule has 0 bridgehead atoms. The van der Waals surface area contributed by atoms with Crippen molar-refractivity contribution in [1.82, 2.24) is 14.4 Å². The van der Waals surface area contributed by atoms with Crippen LogP contribution < -0.4 is 10.2 Å². The Morgan fingerprint density at radius 1 is 1.50 bits per heavy atom. The summed E-state index contributed by atoms with van der Waals surface area (Å²) in [4.78, 5) is 11.2. The molecule has 2 heterocycles. The molecule has 20 heavy (non-hydrogen) atoms. The van der Waals surface area contributed by atoms with Gasteiger partial charge in [-0.2, -0.15) is 0 Å². The topological polar surface area (TPSA) is 65.7 Å². The van der Waals surface area contributed by atoms with E-state index in [4.69, 9.17) is 0 Å². The van der Waals surface area contributed by atoms with Crippen LogP contribution in [0.3, 0.4) is 0 Å². The summed E-state index contributed by atoms with van der Waals surface area (Å²) in [5, 5.41) is 12.6. The van der Waals surface area contributed by atoms with Crippen molar-refractivity contribution < 1.29 is 5.11 Å². The number of hydrogen-bond donors (Lipinski definition) is 2. The van der Waals surface area contributed by atoms with Gasteiger partial charge in [-0.3, -0.25) is 0 Å². The average molecular weight is 275 g/mol. The largest absolute Gasteiger partial charge is 0.393 e. The third-order valence-corrected chi connectivity index (χ3v) is 3.82. The molecular weight excluding hydrogens is 254 g/mol. The lowest BCUT2D eigenvalue weighted by Gasteiger charge is -2.34. The van der Waals surface area contributed by atoms with Gasteiger partial charge in [0, 0.05) is 32.5 Å². The van der Waals surface area contributed by atoms with Crippen LogP contribution in [0, 0.1) is 5.92 Å². The summed E-state index contributed by atoms with van der Waals surface area (Å²) < 4.78 is 1.99. The Morgan fingerprint density at radius 3 is 3.00 bits per heavy atom. The van der Waals surface area contributed by atoms with Crippen molar-refractivity contribution in [2.75, 3.05) is 30.4 Å². The number of aliphatic hydroxyl groups is 1. The molecule has 1 saturated carbocycles. The van der Waals surface area contributed by atoms with Crippen LogP contribution in [0.1, 0.15) is 19.8 Å². The summed E-state index contributed by atoms with van der Waals surface area (Å²) in [6.07, 6.45) is 7.35. The molecule has 3 rings (SSSR count). The minimum absolute atomic E-state index is 0.110.